The average Bonchev–Trinajstić information content (AvgIpc) is 2.72. The van der Waals surface area contributed by atoms with Crippen molar-refractivity contribution in [2.45, 2.75) is 13.5 Å². The second kappa shape index (κ2) is 5.42. The summed E-state index contributed by atoms with van der Waals surface area (Å²) in [6.07, 6.45) is 0. The molecule has 0 aliphatic heterocycles. The summed E-state index contributed by atoms with van der Waals surface area (Å²) in [5.74, 6) is -0.513. The third-order valence-electron chi connectivity index (χ3n) is 2.66. The number of halogens is 1. The number of hydrogen-bond donors (Lipinski definition) is 2. The molecule has 1 aromatic heterocycles. The quantitative estimate of drug-likeness (QED) is 0.902. The van der Waals surface area contributed by atoms with Gasteiger partial charge in [0.05, 0.1) is 10.6 Å². The SMILES string of the molecule is Cc1ccsc1CNc1ccc(C(N)=O)c(Cl)c1. The number of carbonyl (C=O) groups is 1. The van der Waals surface area contributed by atoms with E-state index in [-0.39, 0.29) is 0 Å². The topological polar surface area (TPSA) is 55.1 Å². The van der Waals surface area contributed by atoms with Crippen LogP contribution in [0.25, 0.3) is 0 Å². The second-order valence-electron chi connectivity index (χ2n) is 3.94. The van der Waals surface area contributed by atoms with E-state index in [9.17, 15) is 4.79 Å². The van der Waals surface area contributed by atoms with Gasteiger partial charge >= 0.3 is 0 Å². The third-order valence-corrected chi connectivity index (χ3v) is 3.99. The molecule has 3 N–H and O–H groups in total. The number of thiophene rings is 1. The van der Waals surface area contributed by atoms with E-state index in [0.29, 0.717) is 10.6 Å². The lowest BCUT2D eigenvalue weighted by Crippen LogP contribution is -2.11. The first-order chi connectivity index (χ1) is 8.58. The number of carbonyl (C=O) groups excluding carboxylic acids is 1. The molecule has 1 aromatic carbocycles. The Kier molecular flexibility index (Phi) is 3.89. The van der Waals surface area contributed by atoms with Crippen molar-refractivity contribution in [2.75, 3.05) is 5.32 Å². The van der Waals surface area contributed by atoms with Crippen LogP contribution in [0, 0.1) is 6.92 Å². The molecule has 0 aliphatic rings. The number of anilines is 1. The van der Waals surface area contributed by atoms with Gasteiger partial charge in [-0.3, -0.25) is 4.79 Å². The maximum Gasteiger partial charge on any atom is 0.250 e. The largest absolute Gasteiger partial charge is 0.380 e. The molecule has 0 atom stereocenters. The highest BCUT2D eigenvalue weighted by atomic mass is 35.5. The van der Waals surface area contributed by atoms with Crippen molar-refractivity contribution in [3.05, 3.63) is 50.7 Å². The standard InChI is InChI=1S/C13H13ClN2OS/c1-8-4-5-18-12(8)7-16-9-2-3-10(13(15)17)11(14)6-9/h2-6,16H,7H2,1H3,(H2,15,17). The Balaban J connectivity index is 2.09. The van der Waals surface area contributed by atoms with E-state index in [1.165, 1.54) is 10.4 Å². The predicted octanol–water partition coefficient (Wildman–Crippen LogP) is 3.42. The van der Waals surface area contributed by atoms with E-state index < -0.39 is 5.91 Å². The number of nitrogens with one attached hydrogen (secondary N) is 1. The minimum Gasteiger partial charge on any atom is -0.380 e. The van der Waals surface area contributed by atoms with Crippen molar-refractivity contribution < 1.29 is 4.79 Å². The van der Waals surface area contributed by atoms with Gasteiger partial charge in [0, 0.05) is 17.1 Å². The number of amides is 1. The number of aryl methyl sites for hydroxylation is 1. The van der Waals surface area contributed by atoms with E-state index in [4.69, 9.17) is 17.3 Å². The number of primary amides is 1. The maximum atomic E-state index is 11.0. The van der Waals surface area contributed by atoms with E-state index in [1.54, 1.807) is 29.5 Å². The molecule has 0 unspecified atom stereocenters. The number of nitrogens with two attached hydrogens (primary N) is 1. The van der Waals surface area contributed by atoms with Crippen LogP contribution in [-0.4, -0.2) is 5.91 Å². The minimum absolute atomic E-state index is 0.342. The highest BCUT2D eigenvalue weighted by molar-refractivity contribution is 7.10. The number of benzene rings is 1. The summed E-state index contributed by atoms with van der Waals surface area (Å²) in [7, 11) is 0. The van der Waals surface area contributed by atoms with Crippen LogP contribution in [-0.2, 0) is 6.54 Å². The van der Waals surface area contributed by atoms with Crippen molar-refractivity contribution in [3.8, 4) is 0 Å². The van der Waals surface area contributed by atoms with E-state index in [1.807, 2.05) is 0 Å². The van der Waals surface area contributed by atoms with Gasteiger partial charge in [0.25, 0.3) is 0 Å². The van der Waals surface area contributed by atoms with Crippen LogP contribution in [0.5, 0.6) is 0 Å². The zero-order valence-corrected chi connectivity index (χ0v) is 11.4. The van der Waals surface area contributed by atoms with Gasteiger partial charge in [-0.15, -0.1) is 11.3 Å². The maximum absolute atomic E-state index is 11.0. The summed E-state index contributed by atoms with van der Waals surface area (Å²) in [5, 5.41) is 5.70. The highest BCUT2D eigenvalue weighted by Crippen LogP contribution is 2.22. The zero-order chi connectivity index (χ0) is 13.1. The lowest BCUT2D eigenvalue weighted by molar-refractivity contribution is 0.100. The lowest BCUT2D eigenvalue weighted by Gasteiger charge is -2.08. The summed E-state index contributed by atoms with van der Waals surface area (Å²) in [5.41, 5.74) is 7.68. The van der Waals surface area contributed by atoms with Crippen LogP contribution < -0.4 is 11.1 Å². The Labute approximate surface area is 115 Å². The molecular weight excluding hydrogens is 268 g/mol. The van der Waals surface area contributed by atoms with Crippen molar-refractivity contribution in [1.82, 2.24) is 0 Å². The first-order valence-corrected chi connectivity index (χ1v) is 6.70. The van der Waals surface area contributed by atoms with Gasteiger partial charge in [-0.25, -0.2) is 0 Å². The Morgan fingerprint density at radius 1 is 1.44 bits per heavy atom. The molecule has 2 rings (SSSR count). The Bertz CT molecular complexity index is 580. The highest BCUT2D eigenvalue weighted by Gasteiger charge is 2.07. The van der Waals surface area contributed by atoms with Crippen molar-refractivity contribution >= 4 is 34.5 Å². The summed E-state index contributed by atoms with van der Waals surface area (Å²) in [4.78, 5) is 12.3. The first-order valence-electron chi connectivity index (χ1n) is 5.44. The van der Waals surface area contributed by atoms with E-state index in [2.05, 4.69) is 23.7 Å². The van der Waals surface area contributed by atoms with Crippen LogP contribution >= 0.6 is 22.9 Å². The van der Waals surface area contributed by atoms with Crippen LogP contribution in [0.3, 0.4) is 0 Å². The summed E-state index contributed by atoms with van der Waals surface area (Å²) in [6.45, 7) is 2.83. The van der Waals surface area contributed by atoms with Crippen LogP contribution in [0.1, 0.15) is 20.8 Å². The molecule has 0 radical (unpaired) electrons. The molecule has 0 saturated carbocycles. The summed E-state index contributed by atoms with van der Waals surface area (Å²) < 4.78 is 0. The molecule has 3 nitrogen and oxygen atoms in total. The van der Waals surface area contributed by atoms with Gasteiger partial charge in [0.15, 0.2) is 0 Å². The molecule has 0 fully saturated rings. The number of hydrogen-bond acceptors (Lipinski definition) is 3. The van der Waals surface area contributed by atoms with Gasteiger partial charge in [-0.2, -0.15) is 0 Å². The molecule has 1 amide bonds. The molecule has 18 heavy (non-hydrogen) atoms. The molecule has 94 valence electrons. The molecule has 2 aromatic rings. The van der Waals surface area contributed by atoms with Gasteiger partial charge in [0.2, 0.25) is 5.91 Å². The van der Waals surface area contributed by atoms with Crippen LogP contribution in [0.2, 0.25) is 5.02 Å². The fourth-order valence-electron chi connectivity index (χ4n) is 1.59. The van der Waals surface area contributed by atoms with Crippen molar-refractivity contribution in [1.29, 1.82) is 0 Å². The van der Waals surface area contributed by atoms with Gasteiger partial charge < -0.3 is 11.1 Å². The van der Waals surface area contributed by atoms with Gasteiger partial charge in [0.1, 0.15) is 0 Å². The average molecular weight is 281 g/mol. The fourth-order valence-corrected chi connectivity index (χ4v) is 2.71. The van der Waals surface area contributed by atoms with Gasteiger partial charge in [-0.1, -0.05) is 11.6 Å². The molecule has 1 heterocycles. The summed E-state index contributed by atoms with van der Waals surface area (Å²) >= 11 is 7.69. The third kappa shape index (κ3) is 2.83. The Morgan fingerprint density at radius 3 is 2.78 bits per heavy atom. The van der Waals surface area contributed by atoms with Crippen LogP contribution in [0.4, 0.5) is 5.69 Å². The number of rotatable bonds is 4. The molecule has 0 aliphatic carbocycles. The zero-order valence-electron chi connectivity index (χ0n) is 9.87. The smallest absolute Gasteiger partial charge is 0.250 e. The molecular formula is C13H13ClN2OS. The minimum atomic E-state index is -0.513. The Morgan fingerprint density at radius 2 is 2.22 bits per heavy atom. The molecule has 0 saturated heterocycles. The molecule has 5 heteroatoms. The van der Waals surface area contributed by atoms with Crippen molar-refractivity contribution in [3.63, 3.8) is 0 Å². The lowest BCUT2D eigenvalue weighted by atomic mass is 10.2. The summed E-state index contributed by atoms with van der Waals surface area (Å²) in [6, 6.07) is 7.23. The predicted molar refractivity (Wildman–Crippen MR) is 76.4 cm³/mol. The van der Waals surface area contributed by atoms with Gasteiger partial charge in [-0.05, 0) is 42.1 Å². The molecule has 0 bridgehead atoms. The monoisotopic (exact) mass is 280 g/mol. The van der Waals surface area contributed by atoms with E-state index >= 15 is 0 Å². The van der Waals surface area contributed by atoms with E-state index in [0.717, 1.165) is 12.2 Å². The Hall–Kier alpha value is -1.52. The first kappa shape index (κ1) is 12.9. The second-order valence-corrected chi connectivity index (χ2v) is 5.35. The van der Waals surface area contributed by atoms with Crippen LogP contribution in [0.15, 0.2) is 29.6 Å². The normalized spacial score (nSPS) is 10.3. The molecule has 0 spiro atoms. The fraction of sp³-hybridized carbons (Fsp3) is 0.154. The van der Waals surface area contributed by atoms with Crippen molar-refractivity contribution in [2.24, 2.45) is 5.73 Å².